The lowest BCUT2D eigenvalue weighted by Gasteiger charge is -2.12. The summed E-state index contributed by atoms with van der Waals surface area (Å²) in [5.74, 6) is 0.926. The van der Waals surface area contributed by atoms with E-state index < -0.39 is 0 Å². The average molecular weight is 259 g/mol. The molecule has 2 heteroatoms. The van der Waals surface area contributed by atoms with Gasteiger partial charge in [0.15, 0.2) is 0 Å². The van der Waals surface area contributed by atoms with Gasteiger partial charge in [0, 0.05) is 6.04 Å². The summed E-state index contributed by atoms with van der Waals surface area (Å²) in [4.78, 5) is 0. The number of hydrogen-bond donors (Lipinski definition) is 1. The summed E-state index contributed by atoms with van der Waals surface area (Å²) in [6, 6.07) is 9.17. The van der Waals surface area contributed by atoms with E-state index in [4.69, 9.17) is 4.74 Å². The van der Waals surface area contributed by atoms with Crippen molar-refractivity contribution in [3.05, 3.63) is 42.0 Å². The highest BCUT2D eigenvalue weighted by atomic mass is 16.5. The molecular formula is C17H25NO. The fraction of sp³-hybridized carbons (Fsp3) is 0.529. The Balaban J connectivity index is 1.70. The molecule has 1 aliphatic carbocycles. The predicted octanol–water partition coefficient (Wildman–Crippen LogP) is 3.72. The Morgan fingerprint density at radius 1 is 1.26 bits per heavy atom. The Kier molecular flexibility index (Phi) is 5.46. The lowest BCUT2D eigenvalue weighted by Crippen LogP contribution is -2.27. The monoisotopic (exact) mass is 259 g/mol. The van der Waals surface area contributed by atoms with Crippen molar-refractivity contribution in [2.45, 2.75) is 45.1 Å². The molecule has 0 atom stereocenters. The molecule has 19 heavy (non-hydrogen) atoms. The Hall–Kier alpha value is -1.28. The molecule has 0 bridgehead atoms. The molecule has 1 saturated carbocycles. The normalized spacial score (nSPS) is 15.6. The van der Waals surface area contributed by atoms with Gasteiger partial charge < -0.3 is 10.1 Å². The van der Waals surface area contributed by atoms with E-state index in [0.717, 1.165) is 30.3 Å². The van der Waals surface area contributed by atoms with Gasteiger partial charge >= 0.3 is 0 Å². The van der Waals surface area contributed by atoms with Crippen molar-refractivity contribution in [3.63, 3.8) is 0 Å². The van der Waals surface area contributed by atoms with Gasteiger partial charge in [0.25, 0.3) is 0 Å². The highest BCUT2D eigenvalue weighted by molar-refractivity contribution is 5.27. The van der Waals surface area contributed by atoms with Crippen LogP contribution in [0.1, 0.15) is 38.2 Å². The maximum Gasteiger partial charge on any atom is 0.119 e. The largest absolute Gasteiger partial charge is 0.489 e. The molecule has 1 fully saturated rings. The molecule has 0 heterocycles. The van der Waals surface area contributed by atoms with Gasteiger partial charge in [-0.2, -0.15) is 0 Å². The molecular weight excluding hydrogens is 234 g/mol. The first kappa shape index (κ1) is 14.1. The number of benzene rings is 1. The van der Waals surface area contributed by atoms with Crippen LogP contribution in [0, 0.1) is 0 Å². The highest BCUT2D eigenvalue weighted by Crippen LogP contribution is 2.18. The maximum absolute atomic E-state index is 5.59. The van der Waals surface area contributed by atoms with Crippen LogP contribution in [0.25, 0.3) is 0 Å². The summed E-state index contributed by atoms with van der Waals surface area (Å²) in [7, 11) is 0. The van der Waals surface area contributed by atoms with Crippen molar-refractivity contribution in [1.29, 1.82) is 0 Å². The van der Waals surface area contributed by atoms with E-state index in [9.17, 15) is 0 Å². The van der Waals surface area contributed by atoms with Gasteiger partial charge in [0.05, 0.1) is 0 Å². The van der Waals surface area contributed by atoms with E-state index in [2.05, 4.69) is 24.0 Å². The molecule has 1 aromatic carbocycles. The topological polar surface area (TPSA) is 21.3 Å². The average Bonchev–Trinajstić information content (AvgIpc) is 2.91. The van der Waals surface area contributed by atoms with E-state index in [1.807, 2.05) is 19.1 Å². The molecule has 0 aromatic heterocycles. The smallest absolute Gasteiger partial charge is 0.119 e. The standard InChI is InChI=1S/C17H25NO/c1-14(2)13-19-17-9-7-15(8-10-17)11-12-18-16-5-3-4-6-16/h7-10,16,18H,1,3-6,11-13H2,2H3. The van der Waals surface area contributed by atoms with Gasteiger partial charge in [-0.1, -0.05) is 31.6 Å². The Labute approximate surface area is 116 Å². The van der Waals surface area contributed by atoms with Gasteiger partial charge in [-0.3, -0.25) is 0 Å². The van der Waals surface area contributed by atoms with Gasteiger partial charge in [-0.15, -0.1) is 0 Å². The Morgan fingerprint density at radius 2 is 1.95 bits per heavy atom. The van der Waals surface area contributed by atoms with Crippen LogP contribution in [0.5, 0.6) is 5.75 Å². The molecule has 1 aliphatic rings. The van der Waals surface area contributed by atoms with Crippen LogP contribution in [0.2, 0.25) is 0 Å². The lowest BCUT2D eigenvalue weighted by molar-refractivity contribution is 0.352. The van der Waals surface area contributed by atoms with Crippen molar-refractivity contribution in [2.75, 3.05) is 13.2 Å². The third kappa shape index (κ3) is 5.07. The van der Waals surface area contributed by atoms with E-state index in [0.29, 0.717) is 6.61 Å². The summed E-state index contributed by atoms with van der Waals surface area (Å²) in [6.45, 7) is 7.49. The molecule has 0 amide bonds. The maximum atomic E-state index is 5.59. The van der Waals surface area contributed by atoms with Crippen molar-refractivity contribution >= 4 is 0 Å². The van der Waals surface area contributed by atoms with Crippen molar-refractivity contribution in [1.82, 2.24) is 5.32 Å². The molecule has 2 rings (SSSR count). The van der Waals surface area contributed by atoms with Gasteiger partial charge in [0.2, 0.25) is 0 Å². The van der Waals surface area contributed by atoms with Crippen LogP contribution in [0.4, 0.5) is 0 Å². The zero-order valence-corrected chi connectivity index (χ0v) is 12.0. The number of hydrogen-bond acceptors (Lipinski definition) is 2. The van der Waals surface area contributed by atoms with E-state index >= 15 is 0 Å². The molecule has 0 aliphatic heterocycles. The Bertz CT molecular complexity index is 390. The minimum Gasteiger partial charge on any atom is -0.489 e. The summed E-state index contributed by atoms with van der Waals surface area (Å²) < 4.78 is 5.59. The zero-order chi connectivity index (χ0) is 13.5. The van der Waals surface area contributed by atoms with E-state index in [-0.39, 0.29) is 0 Å². The Morgan fingerprint density at radius 3 is 2.58 bits per heavy atom. The number of ether oxygens (including phenoxy) is 1. The second kappa shape index (κ2) is 7.34. The fourth-order valence-corrected chi connectivity index (χ4v) is 2.51. The molecule has 1 aromatic rings. The molecule has 0 spiro atoms. The molecule has 104 valence electrons. The quantitative estimate of drug-likeness (QED) is 0.754. The number of nitrogens with one attached hydrogen (secondary N) is 1. The molecule has 1 N–H and O–H groups in total. The summed E-state index contributed by atoms with van der Waals surface area (Å²) >= 11 is 0. The first-order valence-electron chi connectivity index (χ1n) is 7.33. The van der Waals surface area contributed by atoms with E-state index in [1.165, 1.54) is 31.2 Å². The summed E-state index contributed by atoms with van der Waals surface area (Å²) in [6.07, 6.45) is 6.59. The second-order valence-electron chi connectivity index (χ2n) is 5.58. The van der Waals surface area contributed by atoms with Crippen LogP contribution < -0.4 is 10.1 Å². The summed E-state index contributed by atoms with van der Waals surface area (Å²) in [5, 5.41) is 3.64. The lowest BCUT2D eigenvalue weighted by atomic mass is 10.1. The van der Waals surface area contributed by atoms with Crippen LogP contribution in [-0.4, -0.2) is 19.2 Å². The fourth-order valence-electron chi connectivity index (χ4n) is 2.51. The van der Waals surface area contributed by atoms with Crippen molar-refractivity contribution in [2.24, 2.45) is 0 Å². The number of rotatable bonds is 7. The SMILES string of the molecule is C=C(C)COc1ccc(CCNC2CCCC2)cc1. The van der Waals surface area contributed by atoms with Crippen LogP contribution in [0.15, 0.2) is 36.4 Å². The molecule has 0 saturated heterocycles. The summed E-state index contributed by atoms with van der Waals surface area (Å²) in [5.41, 5.74) is 2.41. The van der Waals surface area contributed by atoms with Crippen molar-refractivity contribution < 1.29 is 4.74 Å². The van der Waals surface area contributed by atoms with E-state index in [1.54, 1.807) is 0 Å². The molecule has 0 unspecified atom stereocenters. The third-order valence-electron chi connectivity index (χ3n) is 3.61. The predicted molar refractivity (Wildman–Crippen MR) is 80.7 cm³/mol. The van der Waals surface area contributed by atoms with Crippen LogP contribution in [-0.2, 0) is 6.42 Å². The zero-order valence-electron chi connectivity index (χ0n) is 12.0. The minimum absolute atomic E-state index is 0.600. The first-order chi connectivity index (χ1) is 9.24. The minimum atomic E-state index is 0.600. The van der Waals surface area contributed by atoms with Gasteiger partial charge in [-0.05, 0) is 56.0 Å². The van der Waals surface area contributed by atoms with Crippen LogP contribution in [0.3, 0.4) is 0 Å². The third-order valence-corrected chi connectivity index (χ3v) is 3.61. The van der Waals surface area contributed by atoms with Crippen LogP contribution >= 0.6 is 0 Å². The molecule has 2 nitrogen and oxygen atoms in total. The van der Waals surface area contributed by atoms with Gasteiger partial charge in [0.1, 0.15) is 12.4 Å². The second-order valence-corrected chi connectivity index (χ2v) is 5.58. The highest BCUT2D eigenvalue weighted by Gasteiger charge is 2.13. The first-order valence-corrected chi connectivity index (χ1v) is 7.33. The molecule has 0 radical (unpaired) electrons. The van der Waals surface area contributed by atoms with Crippen molar-refractivity contribution in [3.8, 4) is 5.75 Å². The van der Waals surface area contributed by atoms with Gasteiger partial charge in [-0.25, -0.2) is 0 Å².